The highest BCUT2D eigenvalue weighted by atomic mass is 35.5. The Morgan fingerprint density at radius 1 is 0.688 bits per heavy atom. The van der Waals surface area contributed by atoms with Crippen LogP contribution in [0.4, 0.5) is 22.4 Å². The SMILES string of the molecule is CC/C(=C(/c1ccc(OCCCC/C=C/C(=O)N(C)C)nc1)c1ccc2n[nH]c(F)c2c1)c1ccc(F)cc1Cl.CC/C(=C(/c1ccc(OCCN(C/C=C/C(=O)N(C)C)C(=O)OC(C)(C)C)nc1)c1ccc2c(c1)c(F)nn2C1CCCCO1)c1ccc(F)cc1Cl. The molecule has 8 aromatic rings. The van der Waals surface area contributed by atoms with Gasteiger partial charge in [-0.05, 0) is 183 Å². The highest BCUT2D eigenvalue weighted by Crippen LogP contribution is 2.41. The largest absolute Gasteiger partial charge is 0.478 e. The van der Waals surface area contributed by atoms with E-state index in [4.69, 9.17) is 42.1 Å². The van der Waals surface area contributed by atoms with Crippen LogP contribution in [-0.2, 0) is 19.1 Å². The molecule has 1 aliphatic heterocycles. The lowest BCUT2D eigenvalue weighted by molar-refractivity contribution is -0.124. The molecule has 4 aromatic carbocycles. The number of rotatable bonds is 23. The first kappa shape index (κ1) is 70.0. The minimum Gasteiger partial charge on any atom is -0.478 e. The van der Waals surface area contributed by atoms with Gasteiger partial charge in [-0.1, -0.05) is 73.5 Å². The van der Waals surface area contributed by atoms with Crippen LogP contribution in [-0.4, -0.2) is 129 Å². The maximum atomic E-state index is 15.5. The number of halogens is 6. The van der Waals surface area contributed by atoms with Crippen LogP contribution in [0.1, 0.15) is 126 Å². The summed E-state index contributed by atoms with van der Waals surface area (Å²) in [5.74, 6) is -1.44. The van der Waals surface area contributed by atoms with E-state index in [1.165, 1.54) is 45.0 Å². The number of aromatic nitrogens is 6. The van der Waals surface area contributed by atoms with Crippen molar-refractivity contribution in [2.75, 3.05) is 61.1 Å². The number of hydrogen-bond acceptors (Lipinski definition) is 11. The molecule has 0 saturated carbocycles. The summed E-state index contributed by atoms with van der Waals surface area (Å²) in [6.45, 7) is 10.8. The van der Waals surface area contributed by atoms with E-state index in [0.717, 1.165) is 71.9 Å². The van der Waals surface area contributed by atoms with Gasteiger partial charge in [0.1, 0.15) is 23.8 Å². The lowest BCUT2D eigenvalue weighted by Crippen LogP contribution is -2.39. The Morgan fingerprint density at radius 3 is 1.77 bits per heavy atom. The molecule has 4 aromatic heterocycles. The van der Waals surface area contributed by atoms with Gasteiger partial charge in [0, 0.05) is 83.1 Å². The topological polar surface area (TPSA) is 170 Å². The first-order chi connectivity index (χ1) is 44.5. The van der Waals surface area contributed by atoms with E-state index in [0.29, 0.717) is 86.9 Å². The summed E-state index contributed by atoms with van der Waals surface area (Å²) in [5.41, 5.74) is 7.89. The second-order valence-electron chi connectivity index (χ2n) is 23.4. The molecule has 16 nitrogen and oxygen atoms in total. The molecule has 93 heavy (non-hydrogen) atoms. The standard InChI is InChI=1S/C40H46ClF2N5O5.C31H31ClF2N4O2/c1-7-29(30-16-15-28(42)24-32(30)41)37(26-13-17-33-31(23-26)38(43)45-48(33)36-12-8-9-21-52-36)27-14-18-34(44-25-27)51-22-20-47(39(50)53-40(2,3)4)19-10-11-35(49)46(5)6;1-4-23(24-13-12-22(33)18-26(24)32)30(20-10-14-27-25(17-20)31(34)37-36-27)21-11-15-28(35-19-21)40-16-8-6-5-7-9-29(39)38(2)3/h10-11,13-18,23-25,36H,7-9,12,19-22H2,1-6H3;7,9-15,17-19H,4-6,8,16H2,1-3H3,(H,36,37)/b11-10+,37-29-;9-7+,30-23-. The van der Waals surface area contributed by atoms with Gasteiger partial charge in [-0.15, -0.1) is 5.10 Å². The lowest BCUT2D eigenvalue weighted by Gasteiger charge is -2.26. The lowest BCUT2D eigenvalue weighted by atomic mass is 9.88. The summed E-state index contributed by atoms with van der Waals surface area (Å²) < 4.78 is 82.7. The highest BCUT2D eigenvalue weighted by Gasteiger charge is 2.26. The third kappa shape index (κ3) is 18.7. The van der Waals surface area contributed by atoms with Crippen molar-refractivity contribution in [1.29, 1.82) is 0 Å². The molecule has 1 aliphatic rings. The number of fused-ring (bicyclic) bond motifs is 2. The molecular formula is C71H77Cl2F4N9O7. The van der Waals surface area contributed by atoms with Gasteiger partial charge in [0.05, 0.1) is 45.0 Å². The summed E-state index contributed by atoms with van der Waals surface area (Å²) in [6, 6.07) is 26.7. The van der Waals surface area contributed by atoms with Crippen LogP contribution >= 0.6 is 23.2 Å². The van der Waals surface area contributed by atoms with Crippen LogP contribution in [0.5, 0.6) is 11.8 Å². The number of pyridine rings is 2. The molecule has 22 heteroatoms. The number of benzene rings is 4. The first-order valence-corrected chi connectivity index (χ1v) is 31.5. The third-order valence-corrected chi connectivity index (χ3v) is 15.7. The van der Waals surface area contributed by atoms with Gasteiger partial charge in [-0.25, -0.2) is 28.2 Å². The van der Waals surface area contributed by atoms with Crippen molar-refractivity contribution < 1.29 is 50.9 Å². The summed E-state index contributed by atoms with van der Waals surface area (Å²) in [4.78, 5) is 50.0. The molecule has 1 N–H and O–H groups in total. The number of ether oxygens (including phenoxy) is 4. The first-order valence-electron chi connectivity index (χ1n) is 30.8. The molecule has 0 aliphatic carbocycles. The minimum atomic E-state index is -0.710. The van der Waals surface area contributed by atoms with Crippen molar-refractivity contribution in [3.05, 3.63) is 201 Å². The number of amides is 3. The zero-order valence-corrected chi connectivity index (χ0v) is 55.2. The van der Waals surface area contributed by atoms with Crippen molar-refractivity contribution in [3.8, 4) is 11.8 Å². The molecular weight excluding hydrogens is 1240 g/mol. The Balaban J connectivity index is 0.000000248. The highest BCUT2D eigenvalue weighted by molar-refractivity contribution is 6.33. The molecule has 490 valence electrons. The maximum absolute atomic E-state index is 15.5. The molecule has 5 heterocycles. The van der Waals surface area contributed by atoms with E-state index in [-0.39, 0.29) is 42.8 Å². The predicted octanol–water partition coefficient (Wildman–Crippen LogP) is 16.1. The summed E-state index contributed by atoms with van der Waals surface area (Å²) in [6.07, 6.45) is 15.2. The number of nitrogens with zero attached hydrogens (tertiary/aromatic N) is 8. The Kier molecular flexibility index (Phi) is 24.6. The van der Waals surface area contributed by atoms with E-state index >= 15 is 4.39 Å². The van der Waals surface area contributed by atoms with E-state index in [1.54, 1.807) is 121 Å². The van der Waals surface area contributed by atoms with Crippen LogP contribution in [0.2, 0.25) is 10.0 Å². The number of carbonyl (C=O) groups is 3. The Labute approximate surface area is 549 Å². The zero-order chi connectivity index (χ0) is 66.9. The molecule has 0 radical (unpaired) electrons. The average molecular weight is 1320 g/mol. The van der Waals surface area contributed by atoms with Crippen molar-refractivity contribution in [2.24, 2.45) is 0 Å². The third-order valence-electron chi connectivity index (χ3n) is 15.1. The quantitative estimate of drug-likeness (QED) is 0.0280. The number of allylic oxidation sites excluding steroid dienone is 3. The second-order valence-corrected chi connectivity index (χ2v) is 24.2. The number of H-pyrrole nitrogens is 1. The molecule has 9 rings (SSSR count). The number of nitrogens with one attached hydrogen (secondary N) is 1. The van der Waals surface area contributed by atoms with Gasteiger partial charge >= 0.3 is 6.09 Å². The number of likely N-dealkylation sites (N-methyl/N-ethyl adjacent to an activating group) is 2. The fraction of sp³-hybridized carbons (Fsp3) is 0.338. The Hall–Kier alpha value is -8.85. The minimum absolute atomic E-state index is 0.0308. The monoisotopic (exact) mass is 1310 g/mol. The van der Waals surface area contributed by atoms with Crippen LogP contribution in [0.15, 0.2) is 134 Å². The molecule has 1 unspecified atom stereocenters. The number of carbonyl (C=O) groups excluding carboxylic acids is 3. The van der Waals surface area contributed by atoms with Crippen LogP contribution in [0, 0.1) is 23.5 Å². The second kappa shape index (κ2) is 32.6. The number of unbranched alkanes of at least 4 members (excludes halogenated alkanes) is 2. The molecule has 0 spiro atoms. The van der Waals surface area contributed by atoms with Gasteiger partial charge in [0.15, 0.2) is 6.23 Å². The van der Waals surface area contributed by atoms with E-state index in [9.17, 15) is 27.6 Å². The zero-order valence-electron chi connectivity index (χ0n) is 53.7. The van der Waals surface area contributed by atoms with E-state index < -0.39 is 35.2 Å². The van der Waals surface area contributed by atoms with Gasteiger partial charge in [-0.3, -0.25) is 14.7 Å². The summed E-state index contributed by atoms with van der Waals surface area (Å²) >= 11 is 13.1. The molecule has 1 fully saturated rings. The fourth-order valence-electron chi connectivity index (χ4n) is 10.4. The smallest absolute Gasteiger partial charge is 0.410 e. The summed E-state index contributed by atoms with van der Waals surface area (Å²) in [7, 11) is 6.73. The Morgan fingerprint density at radius 2 is 1.25 bits per heavy atom. The van der Waals surface area contributed by atoms with Crippen LogP contribution < -0.4 is 9.47 Å². The van der Waals surface area contributed by atoms with Gasteiger partial charge < -0.3 is 33.6 Å². The predicted molar refractivity (Wildman–Crippen MR) is 357 cm³/mol. The van der Waals surface area contributed by atoms with Crippen molar-refractivity contribution in [3.63, 3.8) is 0 Å². The normalized spacial score (nSPS) is 14.0. The Bertz CT molecular complexity index is 4040. The molecule has 0 bridgehead atoms. The van der Waals surface area contributed by atoms with Gasteiger partial charge in [0.2, 0.25) is 35.5 Å². The average Bonchev–Trinajstić information content (AvgIpc) is 1.83. The maximum Gasteiger partial charge on any atom is 0.410 e. The number of hydrogen-bond donors (Lipinski definition) is 1. The number of aromatic amines is 1. The van der Waals surface area contributed by atoms with Crippen molar-refractivity contribution >= 4 is 85.2 Å². The molecule has 1 saturated heterocycles. The van der Waals surface area contributed by atoms with Crippen LogP contribution in [0.3, 0.4) is 0 Å². The van der Waals surface area contributed by atoms with Crippen molar-refractivity contribution in [2.45, 2.75) is 97.8 Å². The summed E-state index contributed by atoms with van der Waals surface area (Å²) in [5, 5.41) is 11.8. The van der Waals surface area contributed by atoms with Gasteiger partial charge in [-0.2, -0.15) is 13.9 Å². The molecule has 1 atom stereocenters. The molecule has 3 amide bonds. The van der Waals surface area contributed by atoms with E-state index in [1.807, 2.05) is 50.3 Å². The fourth-order valence-corrected chi connectivity index (χ4v) is 11.0. The van der Waals surface area contributed by atoms with Crippen molar-refractivity contribution in [1.82, 2.24) is 44.6 Å². The van der Waals surface area contributed by atoms with Crippen LogP contribution in [0.25, 0.3) is 44.1 Å². The van der Waals surface area contributed by atoms with Gasteiger partial charge in [0.25, 0.3) is 0 Å². The van der Waals surface area contributed by atoms with E-state index in [2.05, 4.69) is 25.3 Å².